The second kappa shape index (κ2) is 2.71. The minimum Gasteiger partial charge on any atom is -0.388 e. The molecule has 0 saturated carbocycles. The Bertz CT molecular complexity index is 206. The number of aliphatic hydroxyl groups is 2. The molecule has 0 aromatic carbocycles. The van der Waals surface area contributed by atoms with E-state index in [-0.39, 0.29) is 11.9 Å². The molecule has 4 heteroatoms. The average molecular weight is 171 g/mol. The number of aliphatic hydroxyl groups excluding tert-OH is 2. The Labute approximate surface area is 70.8 Å². The van der Waals surface area contributed by atoms with E-state index in [0.29, 0.717) is 6.54 Å². The molecule has 2 aliphatic rings. The van der Waals surface area contributed by atoms with E-state index in [4.69, 9.17) is 0 Å². The van der Waals surface area contributed by atoms with Crippen LogP contribution in [0, 0.1) is 0 Å². The van der Waals surface area contributed by atoms with Gasteiger partial charge in [-0.05, 0) is 19.3 Å². The van der Waals surface area contributed by atoms with Crippen LogP contribution in [0.15, 0.2) is 0 Å². The summed E-state index contributed by atoms with van der Waals surface area (Å²) in [5, 5.41) is 18.7. The first-order chi connectivity index (χ1) is 5.72. The fraction of sp³-hybridized carbons (Fsp3) is 0.875. The molecule has 0 aromatic heterocycles. The molecule has 4 nitrogen and oxygen atoms in total. The Kier molecular flexibility index (Phi) is 1.81. The van der Waals surface area contributed by atoms with Crippen LogP contribution in [0.5, 0.6) is 0 Å². The zero-order valence-electron chi connectivity index (χ0n) is 6.81. The Morgan fingerprint density at radius 3 is 2.75 bits per heavy atom. The first-order valence-electron chi connectivity index (χ1n) is 4.38. The number of fused-ring (bicyclic) bond motifs is 1. The van der Waals surface area contributed by atoms with Gasteiger partial charge >= 0.3 is 0 Å². The standard InChI is InChI=1S/C8H13NO3/c10-6-5-3-1-2-4-9(5)8(12)7(6)11/h5-7,10-11H,1-4H2/t5?,6-,7+/m1/s1. The van der Waals surface area contributed by atoms with E-state index in [2.05, 4.69) is 0 Å². The monoisotopic (exact) mass is 171 g/mol. The Balaban J connectivity index is 2.19. The maximum atomic E-state index is 11.3. The molecule has 0 radical (unpaired) electrons. The fourth-order valence-corrected chi connectivity index (χ4v) is 2.11. The van der Waals surface area contributed by atoms with Crippen LogP contribution in [0.2, 0.25) is 0 Å². The summed E-state index contributed by atoms with van der Waals surface area (Å²) in [5.41, 5.74) is 0. The van der Waals surface area contributed by atoms with E-state index in [1.807, 2.05) is 0 Å². The lowest BCUT2D eigenvalue weighted by Crippen LogP contribution is -2.40. The van der Waals surface area contributed by atoms with Crippen LogP contribution in [0.3, 0.4) is 0 Å². The van der Waals surface area contributed by atoms with Crippen LogP contribution in [0.4, 0.5) is 0 Å². The van der Waals surface area contributed by atoms with Crippen LogP contribution < -0.4 is 0 Å². The predicted octanol–water partition coefficient (Wildman–Crippen LogP) is -0.897. The van der Waals surface area contributed by atoms with Crippen molar-refractivity contribution in [3.8, 4) is 0 Å². The summed E-state index contributed by atoms with van der Waals surface area (Å²) in [7, 11) is 0. The molecule has 2 saturated heterocycles. The fourth-order valence-electron chi connectivity index (χ4n) is 2.11. The van der Waals surface area contributed by atoms with Gasteiger partial charge in [0.05, 0.1) is 6.04 Å². The first kappa shape index (κ1) is 8.01. The van der Waals surface area contributed by atoms with Crippen molar-refractivity contribution in [2.75, 3.05) is 6.54 Å². The SMILES string of the molecule is O=C1[C@@H](O)[C@H](O)C2CCCCN12. The molecule has 1 unspecified atom stereocenters. The zero-order chi connectivity index (χ0) is 8.72. The molecular weight excluding hydrogens is 158 g/mol. The number of hydrogen-bond donors (Lipinski definition) is 2. The van der Waals surface area contributed by atoms with Crippen LogP contribution in [0.1, 0.15) is 19.3 Å². The highest BCUT2D eigenvalue weighted by Crippen LogP contribution is 2.28. The molecule has 2 aliphatic heterocycles. The van der Waals surface area contributed by atoms with Crippen LogP contribution in [-0.4, -0.2) is 45.8 Å². The van der Waals surface area contributed by atoms with Gasteiger partial charge in [0, 0.05) is 6.54 Å². The van der Waals surface area contributed by atoms with Crippen molar-refractivity contribution in [3.05, 3.63) is 0 Å². The Morgan fingerprint density at radius 1 is 1.33 bits per heavy atom. The summed E-state index contributed by atoms with van der Waals surface area (Å²) in [6, 6.07) is -0.124. The van der Waals surface area contributed by atoms with Crippen molar-refractivity contribution in [1.29, 1.82) is 0 Å². The van der Waals surface area contributed by atoms with Crippen LogP contribution in [-0.2, 0) is 4.79 Å². The number of piperidine rings is 1. The molecule has 2 N–H and O–H groups in total. The maximum absolute atomic E-state index is 11.3. The highest BCUT2D eigenvalue weighted by molar-refractivity contribution is 5.84. The van der Waals surface area contributed by atoms with Gasteiger partial charge in [0.15, 0.2) is 6.10 Å². The molecule has 0 aromatic rings. The molecule has 2 rings (SSSR count). The molecular formula is C8H13NO3. The van der Waals surface area contributed by atoms with Crippen LogP contribution in [0.25, 0.3) is 0 Å². The topological polar surface area (TPSA) is 60.8 Å². The minimum atomic E-state index is -1.17. The third-order valence-corrected chi connectivity index (χ3v) is 2.80. The van der Waals surface area contributed by atoms with Crippen molar-refractivity contribution in [3.63, 3.8) is 0 Å². The van der Waals surface area contributed by atoms with E-state index < -0.39 is 12.2 Å². The number of nitrogens with zero attached hydrogens (tertiary/aromatic N) is 1. The number of carbonyl (C=O) groups excluding carboxylic acids is 1. The lowest BCUT2D eigenvalue weighted by Gasteiger charge is -2.30. The number of hydrogen-bond acceptors (Lipinski definition) is 3. The zero-order valence-corrected chi connectivity index (χ0v) is 6.81. The lowest BCUT2D eigenvalue weighted by atomic mass is 10.0. The number of carbonyl (C=O) groups is 1. The molecule has 0 bridgehead atoms. The van der Waals surface area contributed by atoms with Gasteiger partial charge in [-0.15, -0.1) is 0 Å². The van der Waals surface area contributed by atoms with Crippen molar-refractivity contribution in [2.45, 2.75) is 37.5 Å². The van der Waals surface area contributed by atoms with E-state index in [0.717, 1.165) is 19.3 Å². The molecule has 2 fully saturated rings. The largest absolute Gasteiger partial charge is 0.388 e. The van der Waals surface area contributed by atoms with E-state index in [1.54, 1.807) is 4.90 Å². The molecule has 0 aliphatic carbocycles. The van der Waals surface area contributed by atoms with Gasteiger partial charge in [-0.1, -0.05) is 0 Å². The van der Waals surface area contributed by atoms with Crippen LogP contribution >= 0.6 is 0 Å². The maximum Gasteiger partial charge on any atom is 0.254 e. The minimum absolute atomic E-state index is 0.124. The van der Waals surface area contributed by atoms with E-state index in [9.17, 15) is 15.0 Å². The predicted molar refractivity (Wildman–Crippen MR) is 41.4 cm³/mol. The lowest BCUT2D eigenvalue weighted by molar-refractivity contribution is -0.136. The molecule has 3 atom stereocenters. The Hall–Kier alpha value is -0.610. The smallest absolute Gasteiger partial charge is 0.254 e. The second-order valence-corrected chi connectivity index (χ2v) is 3.53. The van der Waals surface area contributed by atoms with Crippen molar-refractivity contribution >= 4 is 5.91 Å². The summed E-state index contributed by atoms with van der Waals surface area (Å²) in [6.07, 6.45) is 0.815. The highest BCUT2D eigenvalue weighted by atomic mass is 16.3. The third-order valence-electron chi connectivity index (χ3n) is 2.80. The van der Waals surface area contributed by atoms with E-state index >= 15 is 0 Å². The summed E-state index contributed by atoms with van der Waals surface area (Å²) in [6.45, 7) is 0.692. The molecule has 0 spiro atoms. The summed E-state index contributed by atoms with van der Waals surface area (Å²) >= 11 is 0. The van der Waals surface area contributed by atoms with Gasteiger partial charge < -0.3 is 15.1 Å². The number of amides is 1. The third kappa shape index (κ3) is 0.949. The van der Waals surface area contributed by atoms with Gasteiger partial charge in [-0.2, -0.15) is 0 Å². The van der Waals surface area contributed by atoms with Gasteiger partial charge in [0.1, 0.15) is 6.10 Å². The van der Waals surface area contributed by atoms with E-state index in [1.165, 1.54) is 0 Å². The van der Waals surface area contributed by atoms with Gasteiger partial charge in [0.25, 0.3) is 5.91 Å². The second-order valence-electron chi connectivity index (χ2n) is 3.53. The molecule has 68 valence electrons. The quantitative estimate of drug-likeness (QED) is 0.496. The highest BCUT2D eigenvalue weighted by Gasteiger charge is 2.46. The molecule has 12 heavy (non-hydrogen) atoms. The average Bonchev–Trinajstić information content (AvgIpc) is 2.33. The van der Waals surface area contributed by atoms with Crippen molar-refractivity contribution < 1.29 is 15.0 Å². The normalized spacial score (nSPS) is 41.7. The van der Waals surface area contributed by atoms with Gasteiger partial charge in [0.2, 0.25) is 0 Å². The van der Waals surface area contributed by atoms with Crippen molar-refractivity contribution in [2.24, 2.45) is 0 Å². The van der Waals surface area contributed by atoms with Gasteiger partial charge in [-0.3, -0.25) is 4.79 Å². The number of rotatable bonds is 0. The summed E-state index contributed by atoms with van der Waals surface area (Å²) in [4.78, 5) is 12.9. The Morgan fingerprint density at radius 2 is 2.08 bits per heavy atom. The summed E-state index contributed by atoms with van der Waals surface area (Å²) < 4.78 is 0. The first-order valence-corrected chi connectivity index (χ1v) is 4.38. The van der Waals surface area contributed by atoms with Crippen molar-refractivity contribution in [1.82, 2.24) is 4.90 Å². The summed E-state index contributed by atoms with van der Waals surface area (Å²) in [5.74, 6) is -0.299. The molecule has 2 heterocycles. The molecule has 1 amide bonds. The van der Waals surface area contributed by atoms with Gasteiger partial charge in [-0.25, -0.2) is 0 Å².